The Kier molecular flexibility index (Phi) is 8.07. The van der Waals surface area contributed by atoms with E-state index in [9.17, 15) is 0 Å². The van der Waals surface area contributed by atoms with Gasteiger partial charge in [-0.15, -0.1) is 24.0 Å². The van der Waals surface area contributed by atoms with E-state index in [4.69, 9.17) is 23.2 Å². The van der Waals surface area contributed by atoms with Gasteiger partial charge in [0.15, 0.2) is 5.96 Å². The topological polar surface area (TPSA) is 67.1 Å². The second kappa shape index (κ2) is 9.29. The lowest BCUT2D eigenvalue weighted by Gasteiger charge is -2.18. The average molecular weight is 469 g/mol. The predicted octanol–water partition coefficient (Wildman–Crippen LogP) is 3.17. The molecule has 1 aromatic heterocycles. The second-order valence-electron chi connectivity index (χ2n) is 4.77. The molecule has 2 N–H and O–H groups in total. The number of benzene rings is 1. The van der Waals surface area contributed by atoms with E-state index in [0.29, 0.717) is 22.5 Å². The first-order valence-corrected chi connectivity index (χ1v) is 7.52. The van der Waals surface area contributed by atoms with Gasteiger partial charge in [0.1, 0.15) is 12.2 Å². The van der Waals surface area contributed by atoms with E-state index in [1.807, 2.05) is 26.1 Å². The fourth-order valence-corrected chi connectivity index (χ4v) is 2.21. The van der Waals surface area contributed by atoms with E-state index in [1.54, 1.807) is 17.8 Å². The van der Waals surface area contributed by atoms with Crippen molar-refractivity contribution in [2.75, 3.05) is 7.05 Å². The summed E-state index contributed by atoms with van der Waals surface area (Å²) < 4.78 is 1.71. The molecule has 6 nitrogen and oxygen atoms in total. The minimum atomic E-state index is 0. The molecule has 9 heteroatoms. The smallest absolute Gasteiger partial charge is 0.191 e. The van der Waals surface area contributed by atoms with E-state index < -0.39 is 0 Å². The van der Waals surface area contributed by atoms with Crippen LogP contribution in [0.3, 0.4) is 0 Å². The Morgan fingerprint density at radius 1 is 1.35 bits per heavy atom. The number of aryl methyl sites for hydroxylation is 1. The molecule has 2 rings (SSSR count). The molecular formula is C14H19Cl2IN6. The van der Waals surface area contributed by atoms with Crippen LogP contribution in [0.25, 0.3) is 0 Å². The van der Waals surface area contributed by atoms with E-state index >= 15 is 0 Å². The van der Waals surface area contributed by atoms with E-state index in [-0.39, 0.29) is 30.0 Å². The highest BCUT2D eigenvalue weighted by Crippen LogP contribution is 2.25. The molecule has 0 amide bonds. The van der Waals surface area contributed by atoms with Gasteiger partial charge in [-0.05, 0) is 24.6 Å². The molecule has 0 aliphatic carbocycles. The van der Waals surface area contributed by atoms with E-state index in [1.165, 1.54) is 6.33 Å². The standard InChI is InChI=1S/C14H18Cl2N6.HI/c1-9(10-4-5-11(15)12(16)6-10)21-14(17-2)18-7-13-19-8-20-22(13)3;/h4-6,8-9H,7H2,1-3H3,(H2,17,18,21);1H. The Labute approximate surface area is 162 Å². The molecule has 0 saturated heterocycles. The molecule has 23 heavy (non-hydrogen) atoms. The molecular weight excluding hydrogens is 450 g/mol. The third-order valence-electron chi connectivity index (χ3n) is 3.24. The number of aromatic nitrogens is 3. The van der Waals surface area contributed by atoms with Crippen molar-refractivity contribution in [1.29, 1.82) is 0 Å². The van der Waals surface area contributed by atoms with Crippen molar-refractivity contribution in [2.45, 2.75) is 19.5 Å². The summed E-state index contributed by atoms with van der Waals surface area (Å²) in [7, 11) is 3.56. The SMILES string of the molecule is CN=C(NCc1ncnn1C)NC(C)c1ccc(Cl)c(Cl)c1.I. The minimum Gasteiger partial charge on any atom is -0.350 e. The normalized spacial score (nSPS) is 12.5. The van der Waals surface area contributed by atoms with Crippen LogP contribution >= 0.6 is 47.2 Å². The summed E-state index contributed by atoms with van der Waals surface area (Å²) in [5.74, 6) is 1.49. The van der Waals surface area contributed by atoms with Crippen molar-refractivity contribution in [1.82, 2.24) is 25.4 Å². The molecule has 0 radical (unpaired) electrons. The van der Waals surface area contributed by atoms with Crippen molar-refractivity contribution < 1.29 is 0 Å². The molecule has 0 aliphatic heterocycles. The van der Waals surface area contributed by atoms with E-state index in [2.05, 4.69) is 25.7 Å². The maximum absolute atomic E-state index is 6.05. The average Bonchev–Trinajstić information content (AvgIpc) is 2.91. The van der Waals surface area contributed by atoms with Crippen LogP contribution in [0.2, 0.25) is 10.0 Å². The number of hydrogen-bond donors (Lipinski definition) is 2. The van der Waals surface area contributed by atoms with Crippen LogP contribution in [-0.2, 0) is 13.6 Å². The van der Waals surface area contributed by atoms with Crippen molar-refractivity contribution in [3.63, 3.8) is 0 Å². The Bertz CT molecular complexity index is 673. The summed E-state index contributed by atoms with van der Waals surface area (Å²) in [6.45, 7) is 2.55. The molecule has 1 heterocycles. The van der Waals surface area contributed by atoms with Gasteiger partial charge in [-0.25, -0.2) is 4.98 Å². The Morgan fingerprint density at radius 2 is 2.09 bits per heavy atom. The predicted molar refractivity (Wildman–Crippen MR) is 105 cm³/mol. The van der Waals surface area contributed by atoms with Crippen LogP contribution in [-0.4, -0.2) is 27.8 Å². The van der Waals surface area contributed by atoms with Crippen LogP contribution in [0.4, 0.5) is 0 Å². The third-order valence-corrected chi connectivity index (χ3v) is 3.98. The number of aliphatic imine (C=N–C) groups is 1. The van der Waals surface area contributed by atoms with Crippen LogP contribution in [0.1, 0.15) is 24.4 Å². The molecule has 126 valence electrons. The van der Waals surface area contributed by atoms with Gasteiger partial charge in [0.25, 0.3) is 0 Å². The molecule has 0 aliphatic rings. The summed E-state index contributed by atoms with van der Waals surface area (Å²) in [6.07, 6.45) is 1.52. The van der Waals surface area contributed by atoms with Gasteiger partial charge in [-0.2, -0.15) is 5.10 Å². The lowest BCUT2D eigenvalue weighted by Crippen LogP contribution is -2.38. The maximum Gasteiger partial charge on any atom is 0.191 e. The Hall–Kier alpha value is -1.06. The van der Waals surface area contributed by atoms with Crippen molar-refractivity contribution in [2.24, 2.45) is 12.0 Å². The number of guanidine groups is 1. The number of rotatable bonds is 4. The monoisotopic (exact) mass is 468 g/mol. The lowest BCUT2D eigenvalue weighted by atomic mass is 10.1. The maximum atomic E-state index is 6.05. The largest absolute Gasteiger partial charge is 0.350 e. The molecule has 0 spiro atoms. The molecule has 0 bridgehead atoms. The fourth-order valence-electron chi connectivity index (χ4n) is 1.91. The molecule has 2 aromatic rings. The first kappa shape index (κ1) is 20.0. The van der Waals surface area contributed by atoms with Crippen LogP contribution in [0, 0.1) is 0 Å². The van der Waals surface area contributed by atoms with Gasteiger partial charge in [-0.3, -0.25) is 9.67 Å². The first-order valence-electron chi connectivity index (χ1n) is 6.76. The zero-order chi connectivity index (χ0) is 16.1. The van der Waals surface area contributed by atoms with Gasteiger partial charge < -0.3 is 10.6 Å². The van der Waals surface area contributed by atoms with Gasteiger partial charge in [0, 0.05) is 14.1 Å². The van der Waals surface area contributed by atoms with Gasteiger partial charge in [0.2, 0.25) is 0 Å². The molecule has 1 unspecified atom stereocenters. The summed E-state index contributed by atoms with van der Waals surface area (Å²) in [6, 6.07) is 5.59. The number of nitrogens with one attached hydrogen (secondary N) is 2. The van der Waals surface area contributed by atoms with Gasteiger partial charge >= 0.3 is 0 Å². The highest BCUT2D eigenvalue weighted by molar-refractivity contribution is 14.0. The molecule has 1 aromatic carbocycles. The lowest BCUT2D eigenvalue weighted by molar-refractivity contribution is 0.651. The highest BCUT2D eigenvalue weighted by Gasteiger charge is 2.10. The van der Waals surface area contributed by atoms with Crippen LogP contribution in [0.5, 0.6) is 0 Å². The zero-order valence-corrected chi connectivity index (χ0v) is 16.9. The second-order valence-corrected chi connectivity index (χ2v) is 5.58. The fraction of sp³-hybridized carbons (Fsp3) is 0.357. The van der Waals surface area contributed by atoms with Crippen molar-refractivity contribution in [3.05, 3.63) is 46.0 Å². The number of hydrogen-bond acceptors (Lipinski definition) is 3. The number of halogens is 3. The molecule has 1 atom stereocenters. The molecule has 0 fully saturated rings. The van der Waals surface area contributed by atoms with Crippen molar-refractivity contribution in [3.8, 4) is 0 Å². The zero-order valence-electron chi connectivity index (χ0n) is 13.0. The van der Waals surface area contributed by atoms with E-state index in [0.717, 1.165) is 11.4 Å². The van der Waals surface area contributed by atoms with Crippen molar-refractivity contribution >= 4 is 53.1 Å². The minimum absolute atomic E-state index is 0. The first-order chi connectivity index (χ1) is 10.5. The number of nitrogens with zero attached hydrogens (tertiary/aromatic N) is 4. The summed E-state index contributed by atoms with van der Waals surface area (Å²) in [5, 5.41) is 11.6. The molecule has 0 saturated carbocycles. The van der Waals surface area contributed by atoms with Gasteiger partial charge in [-0.1, -0.05) is 29.3 Å². The highest BCUT2D eigenvalue weighted by atomic mass is 127. The quantitative estimate of drug-likeness (QED) is 0.411. The summed E-state index contributed by atoms with van der Waals surface area (Å²) in [5.41, 5.74) is 1.02. The Morgan fingerprint density at radius 3 is 2.65 bits per heavy atom. The third kappa shape index (κ3) is 5.50. The van der Waals surface area contributed by atoms with Crippen LogP contribution in [0.15, 0.2) is 29.5 Å². The van der Waals surface area contributed by atoms with Crippen LogP contribution < -0.4 is 10.6 Å². The summed E-state index contributed by atoms with van der Waals surface area (Å²) >= 11 is 12.0. The summed E-state index contributed by atoms with van der Waals surface area (Å²) in [4.78, 5) is 8.36. The van der Waals surface area contributed by atoms with Gasteiger partial charge in [0.05, 0.1) is 22.6 Å². The Balaban J connectivity index is 0.00000264.